The zero-order valence-electron chi connectivity index (χ0n) is 52.9. The molecule has 0 aromatic rings. The lowest BCUT2D eigenvalue weighted by Gasteiger charge is -2.18. The highest BCUT2D eigenvalue weighted by Gasteiger charge is 2.19. The van der Waals surface area contributed by atoms with E-state index < -0.39 is 6.10 Å². The molecule has 6 heteroatoms. The Labute approximate surface area is 505 Å². The fourth-order valence-corrected chi connectivity index (χ4v) is 8.80. The Kier molecular flexibility index (Phi) is 64.4. The second kappa shape index (κ2) is 68.5. The van der Waals surface area contributed by atoms with Crippen molar-refractivity contribution in [3.05, 3.63) is 158 Å². The van der Waals surface area contributed by atoms with E-state index >= 15 is 0 Å². The molecule has 0 aromatic carbocycles. The van der Waals surface area contributed by atoms with Crippen molar-refractivity contribution in [1.29, 1.82) is 0 Å². The fraction of sp³-hybridized carbons (Fsp3) is 0.618. The second-order valence-corrected chi connectivity index (χ2v) is 21.6. The summed E-state index contributed by atoms with van der Waals surface area (Å²) in [6, 6.07) is 0. The van der Waals surface area contributed by atoms with Gasteiger partial charge < -0.3 is 14.2 Å². The largest absolute Gasteiger partial charge is 0.462 e. The highest BCUT2D eigenvalue weighted by atomic mass is 16.6. The summed E-state index contributed by atoms with van der Waals surface area (Å²) in [5.74, 6) is -0.940. The van der Waals surface area contributed by atoms with Crippen LogP contribution < -0.4 is 0 Å². The fourth-order valence-electron chi connectivity index (χ4n) is 8.80. The van der Waals surface area contributed by atoms with Crippen molar-refractivity contribution in [3.8, 4) is 0 Å². The van der Waals surface area contributed by atoms with E-state index in [2.05, 4.69) is 179 Å². The molecule has 0 saturated carbocycles. The van der Waals surface area contributed by atoms with E-state index in [9.17, 15) is 14.4 Å². The van der Waals surface area contributed by atoms with Gasteiger partial charge in [-0.15, -0.1) is 0 Å². The molecule has 6 nitrogen and oxygen atoms in total. The molecule has 0 radical (unpaired) electrons. The van der Waals surface area contributed by atoms with Gasteiger partial charge in [0.15, 0.2) is 6.10 Å². The molecule has 0 aliphatic heterocycles. The quantitative estimate of drug-likeness (QED) is 0.0261. The molecule has 0 N–H and O–H groups in total. The first-order chi connectivity index (χ1) is 40.5. The summed E-state index contributed by atoms with van der Waals surface area (Å²) in [4.78, 5) is 38.3. The van der Waals surface area contributed by atoms with Crippen molar-refractivity contribution < 1.29 is 28.6 Å². The SMILES string of the molecule is CC/C=C\C/C=C\C/C=C\C/C=C\C/C=C\C/C=C\C/C=C\C/C=C\CCCCCCCCCCC(=O)OCC(COC(=O)CCCCCCC/C=C\CCCCCCC)OC(=O)CCCCCC/C=C\C/C=C\C/C=C\C/C=C\CC. The number of unbranched alkanes of at least 4 members (excludes halogenated alkanes) is 22. The molecule has 0 bridgehead atoms. The third-order valence-corrected chi connectivity index (χ3v) is 13.7. The highest BCUT2D eigenvalue weighted by Crippen LogP contribution is 2.15. The Bertz CT molecular complexity index is 1830. The molecule has 1 unspecified atom stereocenters. The number of ether oxygens (including phenoxy) is 3. The van der Waals surface area contributed by atoms with Gasteiger partial charge in [-0.2, -0.15) is 0 Å². The van der Waals surface area contributed by atoms with E-state index in [-0.39, 0.29) is 31.1 Å². The molecule has 462 valence electrons. The number of esters is 3. The number of carbonyl (C=O) groups excluding carboxylic acids is 3. The number of hydrogen-bond donors (Lipinski definition) is 0. The molecule has 0 saturated heterocycles. The summed E-state index contributed by atoms with van der Waals surface area (Å²) < 4.78 is 16.9. The minimum Gasteiger partial charge on any atom is -0.462 e. The lowest BCUT2D eigenvalue weighted by atomic mass is 10.1. The minimum absolute atomic E-state index is 0.0996. The molecule has 0 aromatic heterocycles. The summed E-state index contributed by atoms with van der Waals surface area (Å²) in [7, 11) is 0. The van der Waals surface area contributed by atoms with Crippen LogP contribution in [-0.4, -0.2) is 37.2 Å². The van der Waals surface area contributed by atoms with Gasteiger partial charge in [-0.05, 0) is 148 Å². The Hall–Kier alpha value is -4.97. The van der Waals surface area contributed by atoms with Gasteiger partial charge >= 0.3 is 17.9 Å². The van der Waals surface area contributed by atoms with Crippen LogP contribution in [0.5, 0.6) is 0 Å². The van der Waals surface area contributed by atoms with Gasteiger partial charge in [-0.3, -0.25) is 14.4 Å². The van der Waals surface area contributed by atoms with Crippen LogP contribution in [0.4, 0.5) is 0 Å². The van der Waals surface area contributed by atoms with E-state index in [0.29, 0.717) is 19.3 Å². The van der Waals surface area contributed by atoms with Crippen molar-refractivity contribution in [2.24, 2.45) is 0 Å². The van der Waals surface area contributed by atoms with Crippen LogP contribution in [0.25, 0.3) is 0 Å². The lowest BCUT2D eigenvalue weighted by Crippen LogP contribution is -2.30. The van der Waals surface area contributed by atoms with E-state index in [0.717, 1.165) is 167 Å². The Morgan fingerprint density at radius 1 is 0.256 bits per heavy atom. The average molecular weight is 1130 g/mol. The molecule has 0 fully saturated rings. The Morgan fingerprint density at radius 2 is 0.476 bits per heavy atom. The number of carbonyl (C=O) groups is 3. The zero-order chi connectivity index (χ0) is 59.2. The molecule has 82 heavy (non-hydrogen) atoms. The first-order valence-electron chi connectivity index (χ1n) is 33.5. The summed E-state index contributed by atoms with van der Waals surface area (Å²) in [5, 5.41) is 0. The average Bonchev–Trinajstić information content (AvgIpc) is 3.47. The van der Waals surface area contributed by atoms with Crippen LogP contribution >= 0.6 is 0 Å². The van der Waals surface area contributed by atoms with Crippen LogP contribution in [0.2, 0.25) is 0 Å². The first kappa shape index (κ1) is 77.0. The van der Waals surface area contributed by atoms with Crippen molar-refractivity contribution in [2.45, 2.75) is 290 Å². The monoisotopic (exact) mass is 1130 g/mol. The molecule has 0 aliphatic rings. The third kappa shape index (κ3) is 65.8. The second-order valence-electron chi connectivity index (χ2n) is 21.6. The van der Waals surface area contributed by atoms with Gasteiger partial charge in [0.1, 0.15) is 13.2 Å². The third-order valence-electron chi connectivity index (χ3n) is 13.7. The maximum absolute atomic E-state index is 12.9. The number of hydrogen-bond acceptors (Lipinski definition) is 6. The van der Waals surface area contributed by atoms with Crippen LogP contribution in [0, 0.1) is 0 Å². The van der Waals surface area contributed by atoms with Crippen LogP contribution in [0.15, 0.2) is 158 Å². The molecule has 0 amide bonds. The minimum atomic E-state index is -0.806. The summed E-state index contributed by atoms with van der Waals surface area (Å²) in [5.41, 5.74) is 0. The van der Waals surface area contributed by atoms with Gasteiger partial charge in [-0.1, -0.05) is 275 Å². The van der Waals surface area contributed by atoms with Gasteiger partial charge in [0, 0.05) is 19.3 Å². The predicted molar refractivity (Wildman–Crippen MR) is 357 cm³/mol. The van der Waals surface area contributed by atoms with Gasteiger partial charge in [0.05, 0.1) is 0 Å². The highest BCUT2D eigenvalue weighted by molar-refractivity contribution is 5.71. The van der Waals surface area contributed by atoms with E-state index in [1.54, 1.807) is 0 Å². The van der Waals surface area contributed by atoms with E-state index in [1.165, 1.54) is 77.0 Å². The first-order valence-corrected chi connectivity index (χ1v) is 33.5. The van der Waals surface area contributed by atoms with Crippen molar-refractivity contribution in [2.75, 3.05) is 13.2 Å². The smallest absolute Gasteiger partial charge is 0.306 e. The molecule has 1 atom stereocenters. The number of rotatable bonds is 59. The Morgan fingerprint density at radius 3 is 0.756 bits per heavy atom. The van der Waals surface area contributed by atoms with Gasteiger partial charge in [0.25, 0.3) is 0 Å². The summed E-state index contributed by atoms with van der Waals surface area (Å²) in [6.07, 6.45) is 99.7. The van der Waals surface area contributed by atoms with Gasteiger partial charge in [0.2, 0.25) is 0 Å². The molecule has 0 aliphatic carbocycles. The molecule has 0 heterocycles. The number of allylic oxidation sites excluding steroid dienone is 26. The molecular formula is C76H122O6. The normalized spacial score (nSPS) is 13.2. The van der Waals surface area contributed by atoms with E-state index in [1.807, 2.05) is 0 Å². The topological polar surface area (TPSA) is 78.9 Å². The van der Waals surface area contributed by atoms with Crippen molar-refractivity contribution >= 4 is 17.9 Å². The maximum atomic E-state index is 12.9. The van der Waals surface area contributed by atoms with Crippen LogP contribution in [0.3, 0.4) is 0 Å². The van der Waals surface area contributed by atoms with Gasteiger partial charge in [-0.25, -0.2) is 0 Å². The van der Waals surface area contributed by atoms with Crippen LogP contribution in [0.1, 0.15) is 284 Å². The van der Waals surface area contributed by atoms with Crippen molar-refractivity contribution in [3.63, 3.8) is 0 Å². The lowest BCUT2D eigenvalue weighted by molar-refractivity contribution is -0.167. The van der Waals surface area contributed by atoms with E-state index in [4.69, 9.17) is 14.2 Å². The molecule has 0 spiro atoms. The maximum Gasteiger partial charge on any atom is 0.306 e. The molecular weight excluding hydrogens is 1010 g/mol. The van der Waals surface area contributed by atoms with Crippen molar-refractivity contribution in [1.82, 2.24) is 0 Å². The zero-order valence-corrected chi connectivity index (χ0v) is 52.9. The van der Waals surface area contributed by atoms with Crippen LogP contribution in [-0.2, 0) is 28.6 Å². The predicted octanol–water partition coefficient (Wildman–Crippen LogP) is 23.3. The Balaban J connectivity index is 4.34. The molecule has 0 rings (SSSR count). The summed E-state index contributed by atoms with van der Waals surface area (Å²) in [6.45, 7) is 6.37. The summed E-state index contributed by atoms with van der Waals surface area (Å²) >= 11 is 0. The standard InChI is InChI=1S/C76H122O6/c1-4-7-10-13-16-19-22-25-28-30-31-32-33-34-35-36-37-38-39-40-41-42-43-44-45-47-48-51-54-57-60-63-66-69-75(78)81-72-73(71-80-74(77)68-65-62-59-56-53-50-27-24-21-18-15-12-9-6-3)82-76(79)70-67-64-61-58-55-52-49-46-29-26-23-20-17-14-11-8-5-2/h7-8,10-11,16-17,19-20,24-29,31-32,34-35,37-38,40-41,43-44,49,52,73H,4-6,9,12-15,18,21-23,30,33,36,39,42,45-48,50-51,53-72H2,1-3H3/b10-7-,11-8-,19-16-,20-17-,27-24-,28-25-,29-26-,32-31-,35-34-,38-37-,41-40-,44-43-,52-49-.